The van der Waals surface area contributed by atoms with E-state index in [1.165, 1.54) is 0 Å². The second kappa shape index (κ2) is 7.24. The van der Waals surface area contributed by atoms with Gasteiger partial charge in [-0.2, -0.15) is 12.7 Å². The Morgan fingerprint density at radius 3 is 2.81 bits per heavy atom. The highest BCUT2D eigenvalue weighted by Crippen LogP contribution is 2.20. The summed E-state index contributed by atoms with van der Waals surface area (Å²) in [5.41, 5.74) is 1.01. The van der Waals surface area contributed by atoms with Crippen molar-refractivity contribution in [1.82, 2.24) is 9.03 Å². The van der Waals surface area contributed by atoms with Crippen LogP contribution in [0.4, 0.5) is 0 Å². The molecule has 0 amide bonds. The molecule has 118 valence electrons. The smallest absolute Gasteiger partial charge is 0.279 e. The number of methoxy groups -OCH3 is 1. The number of nitrogens with zero attached hydrogens (tertiary/aromatic N) is 1. The number of hydrogen-bond donors (Lipinski definition) is 1. The topological polar surface area (TPSA) is 58.6 Å². The van der Waals surface area contributed by atoms with Gasteiger partial charge in [0.15, 0.2) is 0 Å². The SMILES string of the molecule is COc1ccccc1CCNS(=O)(=O)N1CCCCC1C. The standard InChI is InChI=1S/C15H24N2O3S/c1-13-7-5-6-12-17(13)21(18,19)16-11-10-14-8-3-4-9-15(14)20-2/h3-4,8-9,13,16H,5-7,10-12H2,1-2H3. The van der Waals surface area contributed by atoms with Crippen molar-refractivity contribution in [2.24, 2.45) is 0 Å². The molecule has 0 spiro atoms. The minimum atomic E-state index is -3.38. The average Bonchev–Trinajstić information content (AvgIpc) is 2.48. The molecular formula is C15H24N2O3S. The van der Waals surface area contributed by atoms with Crippen LogP contribution in [0.25, 0.3) is 0 Å². The van der Waals surface area contributed by atoms with E-state index in [1.54, 1.807) is 11.4 Å². The largest absolute Gasteiger partial charge is 0.496 e. The third-order valence-electron chi connectivity index (χ3n) is 3.92. The second-order valence-corrected chi connectivity index (χ2v) is 7.12. The number of ether oxygens (including phenoxy) is 1. The monoisotopic (exact) mass is 312 g/mol. The van der Waals surface area contributed by atoms with Crippen LogP contribution in [0.2, 0.25) is 0 Å². The van der Waals surface area contributed by atoms with Gasteiger partial charge in [-0.05, 0) is 37.8 Å². The van der Waals surface area contributed by atoms with Gasteiger partial charge < -0.3 is 4.74 Å². The van der Waals surface area contributed by atoms with Crippen LogP contribution in [-0.4, -0.2) is 39.0 Å². The Kier molecular flexibility index (Phi) is 5.61. The van der Waals surface area contributed by atoms with Crippen LogP contribution in [-0.2, 0) is 16.6 Å². The normalized spacial score (nSPS) is 20.4. The predicted molar refractivity (Wildman–Crippen MR) is 83.6 cm³/mol. The molecule has 1 aliphatic rings. The summed E-state index contributed by atoms with van der Waals surface area (Å²) in [7, 11) is -1.76. The van der Waals surface area contributed by atoms with Crippen LogP contribution < -0.4 is 9.46 Å². The molecule has 1 atom stereocenters. The maximum Gasteiger partial charge on any atom is 0.279 e. The Morgan fingerprint density at radius 1 is 1.33 bits per heavy atom. The lowest BCUT2D eigenvalue weighted by Gasteiger charge is -2.32. The van der Waals surface area contributed by atoms with Gasteiger partial charge in [0.1, 0.15) is 5.75 Å². The van der Waals surface area contributed by atoms with E-state index in [2.05, 4.69) is 4.72 Å². The van der Waals surface area contributed by atoms with Crippen molar-refractivity contribution in [3.8, 4) is 5.75 Å². The Hall–Kier alpha value is -1.11. The summed E-state index contributed by atoms with van der Waals surface area (Å²) in [6.07, 6.45) is 3.60. The molecule has 0 saturated carbocycles. The number of piperidine rings is 1. The van der Waals surface area contributed by atoms with Crippen LogP contribution in [0.1, 0.15) is 31.7 Å². The van der Waals surface area contributed by atoms with Crippen LogP contribution in [0.15, 0.2) is 24.3 Å². The van der Waals surface area contributed by atoms with E-state index in [0.717, 1.165) is 30.6 Å². The van der Waals surface area contributed by atoms with Gasteiger partial charge in [-0.25, -0.2) is 4.72 Å². The predicted octanol–water partition coefficient (Wildman–Crippen LogP) is 1.95. The van der Waals surface area contributed by atoms with E-state index < -0.39 is 10.2 Å². The highest BCUT2D eigenvalue weighted by molar-refractivity contribution is 7.87. The molecular weight excluding hydrogens is 288 g/mol. The molecule has 1 aromatic rings. The average molecular weight is 312 g/mol. The van der Waals surface area contributed by atoms with Crippen molar-refractivity contribution < 1.29 is 13.2 Å². The molecule has 21 heavy (non-hydrogen) atoms. The van der Waals surface area contributed by atoms with Gasteiger partial charge >= 0.3 is 0 Å². The summed E-state index contributed by atoms with van der Waals surface area (Å²) in [5, 5.41) is 0. The van der Waals surface area contributed by atoms with Gasteiger partial charge in [-0.1, -0.05) is 24.6 Å². The van der Waals surface area contributed by atoms with Gasteiger partial charge in [0, 0.05) is 19.1 Å². The van der Waals surface area contributed by atoms with Crippen LogP contribution in [0.5, 0.6) is 5.75 Å². The molecule has 6 heteroatoms. The van der Waals surface area contributed by atoms with Crippen molar-refractivity contribution in [1.29, 1.82) is 0 Å². The molecule has 0 aliphatic carbocycles. The summed E-state index contributed by atoms with van der Waals surface area (Å²) in [4.78, 5) is 0. The van der Waals surface area contributed by atoms with Gasteiger partial charge in [-0.15, -0.1) is 0 Å². The van der Waals surface area contributed by atoms with Crippen molar-refractivity contribution >= 4 is 10.2 Å². The second-order valence-electron chi connectivity index (χ2n) is 5.42. The third-order valence-corrected chi connectivity index (χ3v) is 5.65. The molecule has 1 fully saturated rings. The first-order chi connectivity index (χ1) is 10.0. The van der Waals surface area contributed by atoms with Crippen molar-refractivity contribution in [2.45, 2.75) is 38.6 Å². The molecule has 0 bridgehead atoms. The number of nitrogens with one attached hydrogen (secondary N) is 1. The maximum atomic E-state index is 12.3. The minimum absolute atomic E-state index is 0.0857. The van der Waals surface area contributed by atoms with Crippen molar-refractivity contribution in [3.05, 3.63) is 29.8 Å². The third kappa shape index (κ3) is 4.18. The fourth-order valence-electron chi connectivity index (χ4n) is 2.74. The lowest BCUT2D eigenvalue weighted by atomic mass is 10.1. The van der Waals surface area contributed by atoms with E-state index in [4.69, 9.17) is 4.74 Å². The summed E-state index contributed by atoms with van der Waals surface area (Å²) in [6.45, 7) is 2.97. The van der Waals surface area contributed by atoms with Crippen LogP contribution >= 0.6 is 0 Å². The Morgan fingerprint density at radius 2 is 2.10 bits per heavy atom. The first kappa shape index (κ1) is 16.3. The molecule has 5 nitrogen and oxygen atoms in total. The minimum Gasteiger partial charge on any atom is -0.496 e. The Bertz CT molecular complexity index is 560. The van der Waals surface area contributed by atoms with E-state index in [9.17, 15) is 8.42 Å². The first-order valence-corrected chi connectivity index (χ1v) is 8.87. The molecule has 2 rings (SSSR count). The fourth-order valence-corrected chi connectivity index (χ4v) is 4.21. The maximum absolute atomic E-state index is 12.3. The lowest BCUT2D eigenvalue weighted by Crippen LogP contribution is -2.48. The zero-order valence-corrected chi connectivity index (χ0v) is 13.5. The van der Waals surface area contributed by atoms with E-state index >= 15 is 0 Å². The van der Waals surface area contributed by atoms with E-state index in [0.29, 0.717) is 19.5 Å². The highest BCUT2D eigenvalue weighted by Gasteiger charge is 2.28. The summed E-state index contributed by atoms with van der Waals surface area (Å²) < 4.78 is 34.2. The Labute approximate surface area is 127 Å². The zero-order valence-electron chi connectivity index (χ0n) is 12.7. The number of rotatable bonds is 6. The molecule has 1 N–H and O–H groups in total. The zero-order chi connectivity index (χ0) is 15.3. The number of hydrogen-bond acceptors (Lipinski definition) is 3. The molecule has 1 aromatic carbocycles. The van der Waals surface area contributed by atoms with Crippen LogP contribution in [0, 0.1) is 0 Å². The molecule has 0 radical (unpaired) electrons. The quantitative estimate of drug-likeness (QED) is 0.873. The summed E-state index contributed by atoms with van der Waals surface area (Å²) in [5.74, 6) is 0.794. The molecule has 1 heterocycles. The van der Waals surface area contributed by atoms with E-state index in [1.807, 2.05) is 31.2 Å². The molecule has 0 aromatic heterocycles. The van der Waals surface area contributed by atoms with Crippen LogP contribution in [0.3, 0.4) is 0 Å². The van der Waals surface area contributed by atoms with Crippen molar-refractivity contribution in [3.63, 3.8) is 0 Å². The van der Waals surface area contributed by atoms with Gasteiger partial charge in [-0.3, -0.25) is 0 Å². The summed E-state index contributed by atoms with van der Waals surface area (Å²) >= 11 is 0. The number of para-hydroxylation sites is 1. The molecule has 1 aliphatic heterocycles. The lowest BCUT2D eigenvalue weighted by molar-refractivity contribution is 0.265. The summed E-state index contributed by atoms with van der Waals surface area (Å²) in [6, 6.07) is 7.76. The molecule has 1 saturated heterocycles. The first-order valence-electron chi connectivity index (χ1n) is 7.43. The van der Waals surface area contributed by atoms with Gasteiger partial charge in [0.25, 0.3) is 10.2 Å². The molecule has 1 unspecified atom stereocenters. The highest BCUT2D eigenvalue weighted by atomic mass is 32.2. The van der Waals surface area contributed by atoms with Gasteiger partial charge in [0.05, 0.1) is 7.11 Å². The van der Waals surface area contributed by atoms with E-state index in [-0.39, 0.29) is 6.04 Å². The fraction of sp³-hybridized carbons (Fsp3) is 0.600. The Balaban J connectivity index is 1.93. The number of benzene rings is 1. The van der Waals surface area contributed by atoms with Gasteiger partial charge in [0.2, 0.25) is 0 Å². The van der Waals surface area contributed by atoms with Crippen molar-refractivity contribution in [2.75, 3.05) is 20.2 Å².